The van der Waals surface area contributed by atoms with E-state index in [2.05, 4.69) is 38.0 Å². The number of nitrogens with zero attached hydrogens (tertiary/aromatic N) is 3. The van der Waals surface area contributed by atoms with Crippen LogP contribution in [0, 0.1) is 0 Å². The van der Waals surface area contributed by atoms with Gasteiger partial charge in [-0.1, -0.05) is 24.9 Å². The zero-order chi connectivity index (χ0) is 13.0. The highest BCUT2D eigenvalue weighted by atomic mass is 79.9. The van der Waals surface area contributed by atoms with Gasteiger partial charge in [0.2, 0.25) is 11.7 Å². The van der Waals surface area contributed by atoms with E-state index >= 15 is 0 Å². The lowest BCUT2D eigenvalue weighted by Gasteiger charge is -2.03. The van der Waals surface area contributed by atoms with Crippen LogP contribution in [0.2, 0.25) is 0 Å². The molecule has 0 unspecified atom stereocenters. The highest BCUT2D eigenvalue weighted by Gasteiger charge is 2.17. The third-order valence-corrected chi connectivity index (χ3v) is 3.24. The van der Waals surface area contributed by atoms with Crippen molar-refractivity contribution in [3.8, 4) is 11.5 Å². The van der Waals surface area contributed by atoms with Gasteiger partial charge in [-0.05, 0) is 34.5 Å². The Labute approximate surface area is 114 Å². The highest BCUT2D eigenvalue weighted by Crippen LogP contribution is 2.24. The molecule has 18 heavy (non-hydrogen) atoms. The summed E-state index contributed by atoms with van der Waals surface area (Å²) in [6.45, 7) is 2.12. The molecule has 0 amide bonds. The molecule has 2 aromatic rings. The molecule has 0 saturated carbocycles. The van der Waals surface area contributed by atoms with E-state index in [0.717, 1.165) is 23.7 Å². The summed E-state index contributed by atoms with van der Waals surface area (Å²) in [6, 6.07) is 3.52. The van der Waals surface area contributed by atoms with Crippen molar-refractivity contribution in [1.29, 1.82) is 0 Å². The zero-order valence-corrected chi connectivity index (χ0v) is 11.7. The van der Waals surface area contributed by atoms with Crippen LogP contribution in [0.1, 0.15) is 38.1 Å². The molecule has 0 aliphatic heterocycles. The molecule has 0 aromatic carbocycles. The van der Waals surface area contributed by atoms with Gasteiger partial charge in [0.1, 0.15) is 5.69 Å². The molecule has 5 nitrogen and oxygen atoms in total. The first kappa shape index (κ1) is 13.2. The zero-order valence-electron chi connectivity index (χ0n) is 10.1. The smallest absolute Gasteiger partial charge is 0.243 e. The Hall–Kier alpha value is -1.27. The Morgan fingerprint density at radius 2 is 2.33 bits per heavy atom. The Balaban J connectivity index is 2.18. The van der Waals surface area contributed by atoms with E-state index in [4.69, 9.17) is 10.3 Å². The molecule has 2 rings (SSSR count). The fourth-order valence-electron chi connectivity index (χ4n) is 1.58. The summed E-state index contributed by atoms with van der Waals surface area (Å²) in [5.41, 5.74) is 6.64. The molecule has 6 heteroatoms. The predicted octanol–water partition coefficient (Wildman–Crippen LogP) is 3.08. The fourth-order valence-corrected chi connectivity index (χ4v) is 2.01. The molecule has 1 atom stereocenters. The fraction of sp³-hybridized carbons (Fsp3) is 0.417. The van der Waals surface area contributed by atoms with Gasteiger partial charge < -0.3 is 10.3 Å². The lowest BCUT2D eigenvalue weighted by atomic mass is 10.1. The van der Waals surface area contributed by atoms with Crippen molar-refractivity contribution in [2.45, 2.75) is 32.2 Å². The number of hydrogen-bond acceptors (Lipinski definition) is 5. The SMILES string of the molecule is CCCC[C@H](N)c1nc(-c2ncccc2Br)no1. The van der Waals surface area contributed by atoms with E-state index < -0.39 is 0 Å². The molecule has 0 spiro atoms. The van der Waals surface area contributed by atoms with Crippen molar-refractivity contribution in [2.24, 2.45) is 5.73 Å². The van der Waals surface area contributed by atoms with Gasteiger partial charge in [-0.25, -0.2) is 0 Å². The standard InChI is InChI=1S/C12H15BrN4O/c1-2-3-6-9(14)12-16-11(17-18-12)10-8(13)5-4-7-15-10/h4-5,7,9H,2-3,6,14H2,1H3/t9-/m0/s1. The molecule has 0 radical (unpaired) electrons. The number of nitrogens with two attached hydrogens (primary N) is 1. The summed E-state index contributed by atoms with van der Waals surface area (Å²) in [5, 5.41) is 3.92. The van der Waals surface area contributed by atoms with Crippen LogP contribution < -0.4 is 5.73 Å². The maximum absolute atomic E-state index is 5.98. The Kier molecular flexibility index (Phi) is 4.43. The topological polar surface area (TPSA) is 77.8 Å². The predicted molar refractivity (Wildman–Crippen MR) is 71.7 cm³/mol. The summed E-state index contributed by atoms with van der Waals surface area (Å²) < 4.78 is 6.02. The van der Waals surface area contributed by atoms with Gasteiger partial charge in [-0.15, -0.1) is 0 Å². The van der Waals surface area contributed by atoms with E-state index in [1.807, 2.05) is 12.1 Å². The van der Waals surface area contributed by atoms with Crippen LogP contribution in [-0.4, -0.2) is 15.1 Å². The Morgan fingerprint density at radius 3 is 3.06 bits per heavy atom. The molecule has 2 heterocycles. The van der Waals surface area contributed by atoms with Crippen LogP contribution in [0.15, 0.2) is 27.3 Å². The second-order valence-electron chi connectivity index (χ2n) is 4.04. The Morgan fingerprint density at radius 1 is 1.50 bits per heavy atom. The number of aromatic nitrogens is 3. The van der Waals surface area contributed by atoms with Crippen LogP contribution in [0.25, 0.3) is 11.5 Å². The number of halogens is 1. The normalized spacial score (nSPS) is 12.6. The average Bonchev–Trinajstić information content (AvgIpc) is 2.86. The molecule has 0 aliphatic rings. The van der Waals surface area contributed by atoms with Crippen LogP contribution in [0.5, 0.6) is 0 Å². The summed E-state index contributed by atoms with van der Waals surface area (Å²) in [5.74, 6) is 0.931. The van der Waals surface area contributed by atoms with E-state index in [9.17, 15) is 0 Å². The summed E-state index contributed by atoms with van der Waals surface area (Å²) in [7, 11) is 0. The van der Waals surface area contributed by atoms with Crippen molar-refractivity contribution in [3.63, 3.8) is 0 Å². The maximum atomic E-state index is 5.98. The molecular weight excluding hydrogens is 296 g/mol. The monoisotopic (exact) mass is 310 g/mol. The van der Waals surface area contributed by atoms with Gasteiger partial charge in [0.15, 0.2) is 0 Å². The molecule has 2 aromatic heterocycles. The number of pyridine rings is 1. The van der Waals surface area contributed by atoms with E-state index in [-0.39, 0.29) is 6.04 Å². The first-order chi connectivity index (χ1) is 8.72. The number of unbranched alkanes of at least 4 members (excludes halogenated alkanes) is 1. The summed E-state index contributed by atoms with van der Waals surface area (Å²) in [4.78, 5) is 8.51. The van der Waals surface area contributed by atoms with Crippen molar-refractivity contribution in [3.05, 3.63) is 28.7 Å². The van der Waals surface area contributed by atoms with Crippen molar-refractivity contribution >= 4 is 15.9 Å². The molecule has 0 fully saturated rings. The van der Waals surface area contributed by atoms with Crippen molar-refractivity contribution in [2.75, 3.05) is 0 Å². The summed E-state index contributed by atoms with van der Waals surface area (Å²) in [6.07, 6.45) is 4.68. The highest BCUT2D eigenvalue weighted by molar-refractivity contribution is 9.10. The van der Waals surface area contributed by atoms with Gasteiger partial charge in [-0.3, -0.25) is 4.98 Å². The van der Waals surface area contributed by atoms with Crippen LogP contribution in [0.3, 0.4) is 0 Å². The average molecular weight is 311 g/mol. The Bertz CT molecular complexity index is 514. The molecular formula is C12H15BrN4O. The van der Waals surface area contributed by atoms with Gasteiger partial charge in [-0.2, -0.15) is 4.98 Å². The van der Waals surface area contributed by atoms with Gasteiger partial charge in [0.25, 0.3) is 0 Å². The quantitative estimate of drug-likeness (QED) is 0.918. The largest absolute Gasteiger partial charge is 0.337 e. The van der Waals surface area contributed by atoms with Gasteiger partial charge >= 0.3 is 0 Å². The minimum absolute atomic E-state index is 0.200. The van der Waals surface area contributed by atoms with E-state index in [0.29, 0.717) is 17.4 Å². The lowest BCUT2D eigenvalue weighted by Crippen LogP contribution is -2.10. The third kappa shape index (κ3) is 2.94. The van der Waals surface area contributed by atoms with Crippen LogP contribution in [0.4, 0.5) is 0 Å². The minimum Gasteiger partial charge on any atom is -0.337 e. The minimum atomic E-state index is -0.200. The van der Waals surface area contributed by atoms with Crippen molar-refractivity contribution in [1.82, 2.24) is 15.1 Å². The maximum Gasteiger partial charge on any atom is 0.243 e. The molecule has 0 bridgehead atoms. The molecule has 96 valence electrons. The van der Waals surface area contributed by atoms with Crippen molar-refractivity contribution < 1.29 is 4.52 Å². The molecule has 0 saturated heterocycles. The lowest BCUT2D eigenvalue weighted by molar-refractivity contribution is 0.346. The first-order valence-electron chi connectivity index (χ1n) is 5.92. The van der Waals surface area contributed by atoms with Gasteiger partial charge in [0.05, 0.1) is 6.04 Å². The second-order valence-corrected chi connectivity index (χ2v) is 4.89. The van der Waals surface area contributed by atoms with Crippen LogP contribution >= 0.6 is 15.9 Å². The third-order valence-electron chi connectivity index (χ3n) is 2.60. The van der Waals surface area contributed by atoms with Gasteiger partial charge in [0, 0.05) is 10.7 Å². The first-order valence-corrected chi connectivity index (χ1v) is 6.71. The summed E-state index contributed by atoms with van der Waals surface area (Å²) >= 11 is 3.41. The van der Waals surface area contributed by atoms with Crippen LogP contribution in [-0.2, 0) is 0 Å². The van der Waals surface area contributed by atoms with E-state index in [1.54, 1.807) is 6.20 Å². The van der Waals surface area contributed by atoms with E-state index in [1.165, 1.54) is 0 Å². The number of rotatable bonds is 5. The number of hydrogen-bond donors (Lipinski definition) is 1. The molecule has 0 aliphatic carbocycles. The second kappa shape index (κ2) is 6.06. The molecule has 2 N–H and O–H groups in total.